The fraction of sp³-hybridized carbons (Fsp3) is 0.818. The zero-order valence-electron chi connectivity index (χ0n) is 10.8. The Labute approximate surface area is 101 Å². The Bertz CT molecular complexity index is 224. The molecule has 0 bridgehead atoms. The van der Waals surface area contributed by atoms with Crippen LogP contribution >= 0.6 is 0 Å². The third kappa shape index (κ3) is 3.98. The highest BCUT2D eigenvalue weighted by atomic mass is 16.6. The molecular weight excluding hydrogens is 228 g/mol. The van der Waals surface area contributed by atoms with Crippen LogP contribution in [0.15, 0.2) is 0 Å². The first kappa shape index (κ1) is 15.9. The van der Waals surface area contributed by atoms with Gasteiger partial charge in [-0.25, -0.2) is 0 Å². The van der Waals surface area contributed by atoms with Gasteiger partial charge in [-0.2, -0.15) is 0 Å². The van der Waals surface area contributed by atoms with E-state index in [0.29, 0.717) is 0 Å². The van der Waals surface area contributed by atoms with Crippen molar-refractivity contribution in [1.82, 2.24) is 0 Å². The van der Waals surface area contributed by atoms with Crippen LogP contribution in [-0.2, 0) is 28.5 Å². The maximum Gasteiger partial charge on any atom is 0.328 e. The molecule has 0 N–H and O–H groups in total. The fourth-order valence-electron chi connectivity index (χ4n) is 1.39. The van der Waals surface area contributed by atoms with Crippen molar-refractivity contribution in [3.8, 4) is 0 Å². The maximum absolute atomic E-state index is 11.9. The number of esters is 2. The normalized spacial score (nSPS) is 11.1. The van der Waals surface area contributed by atoms with Gasteiger partial charge in [0.05, 0.1) is 26.4 Å². The number of hydrogen-bond acceptors (Lipinski definition) is 6. The van der Waals surface area contributed by atoms with E-state index in [0.717, 1.165) is 0 Å². The Kier molecular flexibility index (Phi) is 7.49. The van der Waals surface area contributed by atoms with Gasteiger partial charge in [0.2, 0.25) is 5.41 Å². The van der Waals surface area contributed by atoms with Crippen LogP contribution in [0.4, 0.5) is 0 Å². The van der Waals surface area contributed by atoms with Gasteiger partial charge < -0.3 is 18.9 Å². The predicted octanol–water partition coefficient (Wildman–Crippen LogP) is 0.392. The van der Waals surface area contributed by atoms with E-state index in [4.69, 9.17) is 18.9 Å². The summed E-state index contributed by atoms with van der Waals surface area (Å²) in [5.74, 6) is -1.38. The number of hydrogen-bond donors (Lipinski definition) is 0. The van der Waals surface area contributed by atoms with Gasteiger partial charge in [-0.15, -0.1) is 0 Å². The molecule has 0 saturated carbocycles. The molecule has 0 aliphatic heterocycles. The zero-order valence-corrected chi connectivity index (χ0v) is 10.8. The summed E-state index contributed by atoms with van der Waals surface area (Å²) in [6.07, 6.45) is 0. The second-order valence-electron chi connectivity index (χ2n) is 3.39. The summed E-state index contributed by atoms with van der Waals surface area (Å²) in [7, 11) is 2.78. The van der Waals surface area contributed by atoms with Crippen LogP contribution in [0.2, 0.25) is 0 Å². The van der Waals surface area contributed by atoms with E-state index in [1.54, 1.807) is 13.8 Å². The van der Waals surface area contributed by atoms with E-state index in [9.17, 15) is 9.59 Å². The minimum absolute atomic E-state index is 0.140. The Morgan fingerprint density at radius 3 is 1.47 bits per heavy atom. The molecule has 6 nitrogen and oxygen atoms in total. The minimum atomic E-state index is -1.55. The molecule has 0 heterocycles. The lowest BCUT2D eigenvalue weighted by Crippen LogP contribution is -2.49. The van der Waals surface area contributed by atoms with Gasteiger partial charge in [0.25, 0.3) is 0 Å². The Balaban J connectivity index is 5.09. The fourth-order valence-corrected chi connectivity index (χ4v) is 1.39. The molecule has 100 valence electrons. The number of carbonyl (C=O) groups excluding carboxylic acids is 2. The minimum Gasteiger partial charge on any atom is -0.465 e. The van der Waals surface area contributed by atoms with Crippen LogP contribution in [0.3, 0.4) is 0 Å². The average molecular weight is 248 g/mol. The van der Waals surface area contributed by atoms with Gasteiger partial charge in [0.15, 0.2) is 0 Å². The number of ether oxygens (including phenoxy) is 4. The third-order valence-corrected chi connectivity index (χ3v) is 2.11. The molecule has 0 saturated heterocycles. The van der Waals surface area contributed by atoms with Gasteiger partial charge in [-0.05, 0) is 13.8 Å². The summed E-state index contributed by atoms with van der Waals surface area (Å²) >= 11 is 0. The van der Waals surface area contributed by atoms with E-state index in [-0.39, 0.29) is 26.4 Å². The third-order valence-electron chi connectivity index (χ3n) is 2.11. The Hall–Kier alpha value is -1.14. The molecule has 6 heteroatoms. The highest BCUT2D eigenvalue weighted by Crippen LogP contribution is 2.23. The first-order valence-corrected chi connectivity index (χ1v) is 5.41. The van der Waals surface area contributed by atoms with E-state index in [2.05, 4.69) is 0 Å². The summed E-state index contributed by atoms with van der Waals surface area (Å²) < 4.78 is 19.6. The molecule has 0 spiro atoms. The highest BCUT2D eigenvalue weighted by Gasteiger charge is 2.49. The summed E-state index contributed by atoms with van der Waals surface area (Å²) in [4.78, 5) is 23.8. The predicted molar refractivity (Wildman–Crippen MR) is 59.5 cm³/mol. The molecule has 17 heavy (non-hydrogen) atoms. The van der Waals surface area contributed by atoms with E-state index >= 15 is 0 Å². The van der Waals surface area contributed by atoms with Crippen molar-refractivity contribution < 1.29 is 28.5 Å². The highest BCUT2D eigenvalue weighted by molar-refractivity contribution is 6.00. The molecule has 0 amide bonds. The van der Waals surface area contributed by atoms with Crippen LogP contribution in [0.25, 0.3) is 0 Å². The van der Waals surface area contributed by atoms with Crippen LogP contribution in [-0.4, -0.2) is 52.6 Å². The van der Waals surface area contributed by atoms with Gasteiger partial charge in [-0.1, -0.05) is 0 Å². The summed E-state index contributed by atoms with van der Waals surface area (Å²) in [5, 5.41) is 0. The molecule has 0 unspecified atom stereocenters. The van der Waals surface area contributed by atoms with Crippen LogP contribution in [0.5, 0.6) is 0 Å². The van der Waals surface area contributed by atoms with E-state index in [1.165, 1.54) is 14.2 Å². The molecule has 0 atom stereocenters. The topological polar surface area (TPSA) is 71.1 Å². The summed E-state index contributed by atoms with van der Waals surface area (Å²) in [6.45, 7) is 3.39. The lowest BCUT2D eigenvalue weighted by atomic mass is 9.90. The SMILES string of the molecule is CCOC(=O)C(COC)(COC)C(=O)OCC. The van der Waals surface area contributed by atoms with Crippen molar-refractivity contribution in [3.63, 3.8) is 0 Å². The summed E-state index contributed by atoms with van der Waals surface area (Å²) in [5.41, 5.74) is -1.55. The van der Waals surface area contributed by atoms with Gasteiger partial charge in [0.1, 0.15) is 0 Å². The smallest absolute Gasteiger partial charge is 0.328 e. The molecule has 0 aliphatic carbocycles. The van der Waals surface area contributed by atoms with Crippen LogP contribution < -0.4 is 0 Å². The van der Waals surface area contributed by atoms with Crippen molar-refractivity contribution in [2.45, 2.75) is 13.8 Å². The number of carbonyl (C=O) groups is 2. The lowest BCUT2D eigenvalue weighted by molar-refractivity contribution is -0.180. The molecule has 0 rings (SSSR count). The van der Waals surface area contributed by atoms with Crippen molar-refractivity contribution in [2.75, 3.05) is 40.6 Å². The molecule has 0 aromatic heterocycles. The van der Waals surface area contributed by atoms with Gasteiger partial charge in [0, 0.05) is 14.2 Å². The quantitative estimate of drug-likeness (QED) is 0.457. The monoisotopic (exact) mass is 248 g/mol. The largest absolute Gasteiger partial charge is 0.465 e. The zero-order chi connectivity index (χ0) is 13.3. The van der Waals surface area contributed by atoms with Crippen molar-refractivity contribution >= 4 is 11.9 Å². The average Bonchev–Trinajstić information content (AvgIpc) is 2.29. The molecular formula is C11H20O6. The lowest BCUT2D eigenvalue weighted by Gasteiger charge is -2.27. The summed E-state index contributed by atoms with van der Waals surface area (Å²) in [6, 6.07) is 0. The standard InChI is InChI=1S/C11H20O6/c1-5-16-9(12)11(7-14-3,8-15-4)10(13)17-6-2/h5-8H2,1-4H3. The molecule has 0 radical (unpaired) electrons. The molecule has 0 aromatic rings. The Morgan fingerprint density at radius 2 is 1.24 bits per heavy atom. The van der Waals surface area contributed by atoms with Crippen molar-refractivity contribution in [1.29, 1.82) is 0 Å². The van der Waals surface area contributed by atoms with E-state index < -0.39 is 17.4 Å². The molecule has 0 aliphatic rings. The van der Waals surface area contributed by atoms with Crippen molar-refractivity contribution in [2.24, 2.45) is 5.41 Å². The van der Waals surface area contributed by atoms with Gasteiger partial charge >= 0.3 is 11.9 Å². The number of methoxy groups -OCH3 is 2. The van der Waals surface area contributed by atoms with Crippen LogP contribution in [0.1, 0.15) is 13.8 Å². The Morgan fingerprint density at radius 1 is 0.882 bits per heavy atom. The molecule has 0 aromatic carbocycles. The second kappa shape index (κ2) is 8.03. The van der Waals surface area contributed by atoms with E-state index in [1.807, 2.05) is 0 Å². The number of rotatable bonds is 8. The van der Waals surface area contributed by atoms with Gasteiger partial charge in [-0.3, -0.25) is 9.59 Å². The first-order chi connectivity index (χ1) is 8.08. The van der Waals surface area contributed by atoms with Crippen LogP contribution in [0, 0.1) is 5.41 Å². The first-order valence-electron chi connectivity index (χ1n) is 5.41. The second-order valence-corrected chi connectivity index (χ2v) is 3.39. The van der Waals surface area contributed by atoms with Crippen molar-refractivity contribution in [3.05, 3.63) is 0 Å². The maximum atomic E-state index is 11.9. The molecule has 0 fully saturated rings.